The van der Waals surface area contributed by atoms with E-state index in [1.807, 2.05) is 27.8 Å². The van der Waals surface area contributed by atoms with Crippen molar-refractivity contribution in [3.63, 3.8) is 0 Å². The van der Waals surface area contributed by atoms with Crippen molar-refractivity contribution in [1.29, 1.82) is 0 Å². The molecule has 7 nitrogen and oxygen atoms in total. The molecule has 0 aliphatic rings. The first-order valence-electron chi connectivity index (χ1n) is 7.14. The van der Waals surface area contributed by atoms with Gasteiger partial charge in [0.05, 0.1) is 11.1 Å². The third kappa shape index (κ3) is 2.96. The Balaban J connectivity index is 2.47. The molecule has 21 heavy (non-hydrogen) atoms. The summed E-state index contributed by atoms with van der Waals surface area (Å²) in [4.78, 5) is 20.9. The van der Waals surface area contributed by atoms with Gasteiger partial charge in [0.1, 0.15) is 17.7 Å². The number of carbonyl (C=O) groups excluding carboxylic acids is 1. The molecule has 0 saturated carbocycles. The zero-order valence-corrected chi connectivity index (χ0v) is 13.2. The number of nitrogens with one attached hydrogen (secondary N) is 2. The minimum absolute atomic E-state index is 0.0391. The lowest BCUT2D eigenvalue weighted by Crippen LogP contribution is -2.38. The molecule has 2 N–H and O–H groups in total. The molecular formula is C14H22N6O. The van der Waals surface area contributed by atoms with E-state index in [0.29, 0.717) is 11.6 Å². The van der Waals surface area contributed by atoms with Crippen LogP contribution in [0.3, 0.4) is 0 Å². The van der Waals surface area contributed by atoms with Crippen molar-refractivity contribution in [3.8, 4) is 0 Å². The summed E-state index contributed by atoms with van der Waals surface area (Å²) in [5, 5.41) is 11.2. The Hall–Kier alpha value is -2.18. The van der Waals surface area contributed by atoms with Crippen molar-refractivity contribution in [1.82, 2.24) is 25.1 Å². The van der Waals surface area contributed by atoms with Crippen LogP contribution in [0.5, 0.6) is 0 Å². The average Bonchev–Trinajstić information content (AvgIpc) is 2.72. The van der Waals surface area contributed by atoms with Crippen LogP contribution in [0, 0.1) is 13.8 Å². The van der Waals surface area contributed by atoms with Crippen LogP contribution >= 0.6 is 0 Å². The Morgan fingerprint density at radius 1 is 1.33 bits per heavy atom. The highest BCUT2D eigenvalue weighted by Crippen LogP contribution is 2.24. The van der Waals surface area contributed by atoms with Crippen LogP contribution in [0.2, 0.25) is 0 Å². The Morgan fingerprint density at radius 2 is 2.05 bits per heavy atom. The lowest BCUT2D eigenvalue weighted by atomic mass is 10.1. The van der Waals surface area contributed by atoms with Gasteiger partial charge in [0, 0.05) is 14.1 Å². The maximum Gasteiger partial charge on any atom is 0.242 e. The molecule has 0 saturated heterocycles. The van der Waals surface area contributed by atoms with E-state index in [2.05, 4.69) is 25.7 Å². The van der Waals surface area contributed by atoms with Gasteiger partial charge >= 0.3 is 0 Å². The molecule has 0 bridgehead atoms. The summed E-state index contributed by atoms with van der Waals surface area (Å²) in [6.45, 7) is 5.80. The predicted octanol–water partition coefficient (Wildman–Crippen LogP) is 1.31. The highest BCUT2D eigenvalue weighted by atomic mass is 16.2. The second-order valence-electron chi connectivity index (χ2n) is 5.13. The number of anilines is 1. The molecule has 0 fully saturated rings. The highest BCUT2D eigenvalue weighted by Gasteiger charge is 2.20. The summed E-state index contributed by atoms with van der Waals surface area (Å²) in [6.07, 6.45) is 1.65. The Kier molecular flexibility index (Phi) is 4.40. The number of aryl methyl sites for hydroxylation is 3. The number of amides is 1. The molecular weight excluding hydrogens is 268 g/mol. The van der Waals surface area contributed by atoms with E-state index in [1.165, 1.54) is 0 Å². The number of likely N-dealkylation sites (N-methyl/N-ethyl adjacent to an activating group) is 1. The van der Waals surface area contributed by atoms with Crippen LogP contribution in [0.4, 0.5) is 5.82 Å². The van der Waals surface area contributed by atoms with Crippen LogP contribution in [-0.2, 0) is 11.8 Å². The number of aromatic nitrogens is 4. The van der Waals surface area contributed by atoms with Crippen molar-refractivity contribution in [2.24, 2.45) is 7.05 Å². The molecule has 2 heterocycles. The first-order valence-corrected chi connectivity index (χ1v) is 7.14. The van der Waals surface area contributed by atoms with E-state index in [-0.39, 0.29) is 11.9 Å². The smallest absolute Gasteiger partial charge is 0.242 e. The Labute approximate surface area is 124 Å². The van der Waals surface area contributed by atoms with Gasteiger partial charge in [-0.25, -0.2) is 9.97 Å². The zero-order valence-electron chi connectivity index (χ0n) is 13.2. The molecule has 0 aliphatic heterocycles. The van der Waals surface area contributed by atoms with E-state index < -0.39 is 0 Å². The normalized spacial score (nSPS) is 12.4. The van der Waals surface area contributed by atoms with Crippen LogP contribution in [-0.4, -0.2) is 38.7 Å². The maximum atomic E-state index is 12.0. The fraction of sp³-hybridized carbons (Fsp3) is 0.571. The average molecular weight is 290 g/mol. The van der Waals surface area contributed by atoms with Gasteiger partial charge in [-0.05, 0) is 20.3 Å². The fourth-order valence-corrected chi connectivity index (χ4v) is 2.45. The van der Waals surface area contributed by atoms with Gasteiger partial charge in [0.2, 0.25) is 5.91 Å². The third-order valence-electron chi connectivity index (χ3n) is 3.42. The quantitative estimate of drug-likeness (QED) is 0.867. The van der Waals surface area contributed by atoms with Crippen molar-refractivity contribution >= 4 is 22.8 Å². The van der Waals surface area contributed by atoms with Crippen LogP contribution in [0.15, 0.2) is 0 Å². The number of hydrogen-bond donors (Lipinski definition) is 2. The van der Waals surface area contributed by atoms with Gasteiger partial charge in [0.25, 0.3) is 0 Å². The number of carbonyl (C=O) groups is 1. The molecule has 1 amide bonds. The minimum Gasteiger partial charge on any atom is -0.358 e. The lowest BCUT2D eigenvalue weighted by molar-refractivity contribution is -0.121. The van der Waals surface area contributed by atoms with Crippen molar-refractivity contribution in [2.75, 3.05) is 12.4 Å². The molecule has 0 spiro atoms. The van der Waals surface area contributed by atoms with Gasteiger partial charge in [-0.15, -0.1) is 0 Å². The molecule has 2 aromatic rings. The molecule has 7 heteroatoms. The molecule has 1 atom stereocenters. The van der Waals surface area contributed by atoms with Gasteiger partial charge in [-0.2, -0.15) is 5.10 Å². The zero-order chi connectivity index (χ0) is 15.6. The standard InChI is InChI=1S/C14H22N6O/c1-6-7-10(14(21)15-4)18-12-11-8(2)19-20(5)13(11)17-9(3)16-12/h10H,6-7H2,1-5H3,(H,15,21)(H,16,17,18)/t10-/m0/s1. The Bertz CT molecular complexity index is 663. The van der Waals surface area contributed by atoms with E-state index in [9.17, 15) is 4.79 Å². The van der Waals surface area contributed by atoms with E-state index in [0.717, 1.165) is 29.6 Å². The molecule has 0 aromatic carbocycles. The summed E-state index contributed by atoms with van der Waals surface area (Å²) in [5.41, 5.74) is 1.62. The summed E-state index contributed by atoms with van der Waals surface area (Å²) in [5.74, 6) is 1.29. The SMILES string of the molecule is CCC[C@H](Nc1nc(C)nc2c1c(C)nn2C)C(=O)NC. The van der Waals surface area contributed by atoms with E-state index >= 15 is 0 Å². The number of nitrogens with zero attached hydrogens (tertiary/aromatic N) is 4. The van der Waals surface area contributed by atoms with E-state index in [4.69, 9.17) is 0 Å². The molecule has 0 unspecified atom stereocenters. The molecule has 2 rings (SSSR count). The summed E-state index contributed by atoms with van der Waals surface area (Å²) >= 11 is 0. The van der Waals surface area contributed by atoms with Crippen molar-refractivity contribution in [2.45, 2.75) is 39.7 Å². The topological polar surface area (TPSA) is 84.7 Å². The van der Waals surface area contributed by atoms with Crippen molar-refractivity contribution < 1.29 is 4.79 Å². The number of fused-ring (bicyclic) bond motifs is 1. The van der Waals surface area contributed by atoms with Gasteiger partial charge in [0.15, 0.2) is 5.65 Å². The van der Waals surface area contributed by atoms with Crippen LogP contribution in [0.1, 0.15) is 31.3 Å². The van der Waals surface area contributed by atoms with Crippen LogP contribution < -0.4 is 10.6 Å². The monoisotopic (exact) mass is 290 g/mol. The van der Waals surface area contributed by atoms with Crippen molar-refractivity contribution in [3.05, 3.63) is 11.5 Å². The first kappa shape index (κ1) is 15.2. The fourth-order valence-electron chi connectivity index (χ4n) is 2.45. The summed E-state index contributed by atoms with van der Waals surface area (Å²) in [7, 11) is 3.50. The molecule has 2 aromatic heterocycles. The minimum atomic E-state index is -0.308. The summed E-state index contributed by atoms with van der Waals surface area (Å²) in [6, 6.07) is -0.308. The first-order chi connectivity index (χ1) is 9.97. The Morgan fingerprint density at radius 3 is 2.67 bits per heavy atom. The third-order valence-corrected chi connectivity index (χ3v) is 3.42. The van der Waals surface area contributed by atoms with Crippen LogP contribution in [0.25, 0.3) is 11.0 Å². The second-order valence-corrected chi connectivity index (χ2v) is 5.13. The molecule has 0 aliphatic carbocycles. The lowest BCUT2D eigenvalue weighted by Gasteiger charge is -2.18. The van der Waals surface area contributed by atoms with Gasteiger partial charge in [-0.1, -0.05) is 13.3 Å². The largest absolute Gasteiger partial charge is 0.358 e. The molecule has 0 radical (unpaired) electrons. The second kappa shape index (κ2) is 6.07. The number of hydrogen-bond acceptors (Lipinski definition) is 5. The van der Waals surface area contributed by atoms with E-state index in [1.54, 1.807) is 11.7 Å². The maximum absolute atomic E-state index is 12.0. The van der Waals surface area contributed by atoms with Gasteiger partial charge < -0.3 is 10.6 Å². The molecule has 114 valence electrons. The highest BCUT2D eigenvalue weighted by molar-refractivity contribution is 5.92. The number of rotatable bonds is 5. The predicted molar refractivity (Wildman–Crippen MR) is 82.2 cm³/mol. The van der Waals surface area contributed by atoms with Gasteiger partial charge in [-0.3, -0.25) is 9.48 Å². The summed E-state index contributed by atoms with van der Waals surface area (Å²) < 4.78 is 1.74.